The van der Waals surface area contributed by atoms with Crippen LogP contribution in [0, 0.1) is 44.1 Å². The molecule has 1 saturated carbocycles. The fraction of sp³-hybridized carbons (Fsp3) is 0.200. The van der Waals surface area contributed by atoms with E-state index in [1.54, 1.807) is 18.3 Å². The molecule has 1 aliphatic rings. The van der Waals surface area contributed by atoms with Crippen molar-refractivity contribution in [3.05, 3.63) is 48.0 Å². The summed E-state index contributed by atoms with van der Waals surface area (Å²) >= 11 is 1.40. The molecule has 3 aromatic rings. The predicted molar refractivity (Wildman–Crippen MR) is 88.2 cm³/mol. The minimum atomic E-state index is 0. The van der Waals surface area contributed by atoms with Gasteiger partial charge in [0.05, 0.1) is 6.20 Å². The molecule has 7 nitrogen and oxygen atoms in total. The van der Waals surface area contributed by atoms with Crippen LogP contribution in [0.1, 0.15) is 24.5 Å². The van der Waals surface area contributed by atoms with Crippen molar-refractivity contribution in [3.63, 3.8) is 0 Å². The Labute approximate surface area is 179 Å². The van der Waals surface area contributed by atoms with Gasteiger partial charge in [0.2, 0.25) is 5.16 Å². The van der Waals surface area contributed by atoms with Crippen LogP contribution in [0.2, 0.25) is 0 Å². The Bertz CT molecular complexity index is 817. The van der Waals surface area contributed by atoms with Crippen LogP contribution in [-0.4, -0.2) is 25.4 Å². The maximum Gasteiger partial charge on any atom is 0.215 e. The molecule has 1 aliphatic carbocycles. The van der Waals surface area contributed by atoms with Crippen LogP contribution in [0.4, 0.5) is 17.3 Å². The zero-order valence-corrected chi connectivity index (χ0v) is 18.3. The molecule has 0 bridgehead atoms. The molecule has 0 saturated heterocycles. The summed E-state index contributed by atoms with van der Waals surface area (Å²) in [6.45, 7) is 0. The molecule has 0 atom stereocenters. The molecular weight excluding hydrogens is 537 g/mol. The van der Waals surface area contributed by atoms with Crippen LogP contribution in [0.15, 0.2) is 46.6 Å². The van der Waals surface area contributed by atoms with Crippen molar-refractivity contribution in [2.75, 3.05) is 5.32 Å². The number of hydrogen-bond acceptors (Lipinski definition) is 6. The van der Waals surface area contributed by atoms with Gasteiger partial charge >= 0.3 is 0 Å². The second-order valence-electron chi connectivity index (χ2n) is 5.36. The molecule has 24 heavy (non-hydrogen) atoms. The number of benzene rings is 1. The van der Waals surface area contributed by atoms with Crippen molar-refractivity contribution in [2.24, 2.45) is 0 Å². The molecule has 1 radical (unpaired) electrons. The minimum Gasteiger partial charge on any atom is -0.699 e. The summed E-state index contributed by atoms with van der Waals surface area (Å²) in [7, 11) is 0. The van der Waals surface area contributed by atoms with Crippen molar-refractivity contribution in [3.8, 4) is 0 Å². The van der Waals surface area contributed by atoms with Gasteiger partial charge < -0.3 is 11.1 Å². The van der Waals surface area contributed by atoms with Crippen LogP contribution in [0.3, 0.4) is 0 Å². The molecule has 0 amide bonds. The Morgan fingerprint density at radius 3 is 2.71 bits per heavy atom. The first kappa shape index (κ1) is 17.6. The third-order valence-corrected chi connectivity index (χ3v) is 4.34. The van der Waals surface area contributed by atoms with Gasteiger partial charge in [0.15, 0.2) is 11.6 Å². The van der Waals surface area contributed by atoms with E-state index in [1.165, 1.54) is 30.3 Å². The zero-order chi connectivity index (χ0) is 15.6. The van der Waals surface area contributed by atoms with Crippen molar-refractivity contribution in [2.45, 2.75) is 28.8 Å². The molecule has 2 aromatic heterocycles. The average Bonchev–Trinajstić information content (AvgIpc) is 3.30. The van der Waals surface area contributed by atoms with Gasteiger partial charge in [-0.1, -0.05) is 12.1 Å². The van der Waals surface area contributed by atoms with Crippen LogP contribution in [-0.2, 0) is 0 Å². The molecule has 0 unspecified atom stereocenters. The van der Waals surface area contributed by atoms with Crippen LogP contribution < -0.4 is 5.32 Å². The van der Waals surface area contributed by atoms with Gasteiger partial charge in [0, 0.05) is 66.6 Å². The number of nitrogens with zero attached hydrogens (tertiary/aromatic N) is 4. The summed E-state index contributed by atoms with van der Waals surface area (Å²) in [5.74, 6) is 1.98. The molecular formula is C15H14AcN7S-. The first-order chi connectivity index (χ1) is 11.3. The topological polar surface area (TPSA) is 103 Å². The number of nitrogens with one attached hydrogen (secondary N) is 3. The quantitative estimate of drug-likeness (QED) is 0.496. The van der Waals surface area contributed by atoms with Crippen molar-refractivity contribution < 1.29 is 44.1 Å². The first-order valence-electron chi connectivity index (χ1n) is 7.28. The van der Waals surface area contributed by atoms with Gasteiger partial charge in [-0.15, -0.1) is 10.8 Å². The van der Waals surface area contributed by atoms with E-state index in [2.05, 4.69) is 30.7 Å². The number of aromatic nitrogens is 5. The Balaban J connectivity index is 0.00000169. The van der Waals surface area contributed by atoms with E-state index in [1.807, 2.05) is 18.2 Å². The van der Waals surface area contributed by atoms with E-state index in [9.17, 15) is 0 Å². The summed E-state index contributed by atoms with van der Waals surface area (Å²) in [4.78, 5) is 5.40. The van der Waals surface area contributed by atoms with Gasteiger partial charge in [0.25, 0.3) is 0 Å². The molecule has 0 aliphatic heterocycles. The number of anilines is 2. The van der Waals surface area contributed by atoms with Gasteiger partial charge in [-0.05, 0) is 36.7 Å². The Kier molecular flexibility index (Phi) is 5.74. The number of aromatic amines is 1. The average molecular weight is 551 g/mol. The van der Waals surface area contributed by atoms with Crippen LogP contribution in [0.5, 0.6) is 0 Å². The molecule has 2 heterocycles. The molecule has 1 aromatic carbocycles. The standard InChI is InChI=1S/C15H14N7S.Ac/c16-10-3-5-11(6-4-10)23-15-19-14(8-17-22-15)18-13-7-12(20-21-13)9-1-2-9;/h3-9,16H,1-2H2,(H2,18,19,20,21,22);/q-1;. The second kappa shape index (κ2) is 7.81. The van der Waals surface area contributed by atoms with Crippen LogP contribution >= 0.6 is 11.8 Å². The molecule has 9 heteroatoms. The first-order valence-corrected chi connectivity index (χ1v) is 8.09. The zero-order valence-electron chi connectivity index (χ0n) is 12.7. The van der Waals surface area contributed by atoms with Crippen molar-refractivity contribution in [1.82, 2.24) is 25.4 Å². The minimum absolute atomic E-state index is 0. The van der Waals surface area contributed by atoms with E-state index in [0.29, 0.717) is 22.6 Å². The fourth-order valence-corrected chi connectivity index (χ4v) is 2.87. The normalized spacial score (nSPS) is 13.3. The molecule has 119 valence electrons. The smallest absolute Gasteiger partial charge is 0.215 e. The SMILES string of the molecule is [Ac].[NH-]c1ccc(Sc2nncc(Nc3cc(C4CC4)[nH]n3)n2)cc1. The van der Waals surface area contributed by atoms with Gasteiger partial charge in [0.1, 0.15) is 0 Å². The third kappa shape index (κ3) is 4.47. The van der Waals surface area contributed by atoms with Gasteiger partial charge in [-0.2, -0.15) is 10.2 Å². The summed E-state index contributed by atoms with van der Waals surface area (Å²) in [6.07, 6.45) is 4.03. The fourth-order valence-electron chi connectivity index (χ4n) is 2.15. The molecule has 3 N–H and O–H groups in total. The van der Waals surface area contributed by atoms with E-state index < -0.39 is 0 Å². The maximum absolute atomic E-state index is 7.49. The van der Waals surface area contributed by atoms with E-state index >= 15 is 0 Å². The summed E-state index contributed by atoms with van der Waals surface area (Å²) in [5.41, 5.74) is 9.14. The molecule has 0 spiro atoms. The summed E-state index contributed by atoms with van der Waals surface area (Å²) < 4.78 is 0. The van der Waals surface area contributed by atoms with E-state index in [-0.39, 0.29) is 44.1 Å². The number of rotatable bonds is 5. The number of hydrogen-bond donors (Lipinski definition) is 2. The van der Waals surface area contributed by atoms with Gasteiger partial charge in [-0.3, -0.25) is 5.10 Å². The van der Waals surface area contributed by atoms with Crippen molar-refractivity contribution in [1.29, 1.82) is 0 Å². The van der Waals surface area contributed by atoms with E-state index in [0.717, 1.165) is 10.7 Å². The molecule has 1 fully saturated rings. The van der Waals surface area contributed by atoms with Crippen LogP contribution in [0.25, 0.3) is 5.73 Å². The Hall–Kier alpha value is -1.17. The van der Waals surface area contributed by atoms with Crippen molar-refractivity contribution >= 4 is 29.1 Å². The van der Waals surface area contributed by atoms with E-state index in [4.69, 9.17) is 5.73 Å². The second-order valence-corrected chi connectivity index (χ2v) is 6.40. The monoisotopic (exact) mass is 551 g/mol. The largest absolute Gasteiger partial charge is 0.699 e. The number of H-pyrrole nitrogens is 1. The summed E-state index contributed by atoms with van der Waals surface area (Å²) in [5, 5.41) is 19.0. The molecule has 4 rings (SSSR count). The predicted octanol–water partition coefficient (Wildman–Crippen LogP) is 4.05. The third-order valence-electron chi connectivity index (χ3n) is 3.47. The summed E-state index contributed by atoms with van der Waals surface area (Å²) in [6, 6.07) is 9.22. The Morgan fingerprint density at radius 2 is 1.96 bits per heavy atom. The maximum atomic E-state index is 7.49. The Morgan fingerprint density at radius 1 is 1.17 bits per heavy atom. The van der Waals surface area contributed by atoms with Gasteiger partial charge in [-0.25, -0.2) is 4.98 Å².